The first-order valence-electron chi connectivity index (χ1n) is 7.87. The van der Waals surface area contributed by atoms with E-state index in [9.17, 15) is 4.79 Å². The standard InChI is InChI=1S/C17H27N3O/c1-14-4-3-5-16(12-14)6-7-17(21)20-10-8-19(9-11-20)15(2)13-18/h3-5,12,15H,6-11,13,18H2,1-2H3. The van der Waals surface area contributed by atoms with Gasteiger partial charge in [0.05, 0.1) is 0 Å². The normalized spacial score (nSPS) is 17.8. The van der Waals surface area contributed by atoms with Crippen LogP contribution >= 0.6 is 0 Å². The predicted molar refractivity (Wildman–Crippen MR) is 86.2 cm³/mol. The number of nitrogens with two attached hydrogens (primary N) is 1. The molecule has 1 fully saturated rings. The van der Waals surface area contributed by atoms with Crippen molar-refractivity contribution in [2.45, 2.75) is 32.7 Å². The fourth-order valence-corrected chi connectivity index (χ4v) is 2.84. The van der Waals surface area contributed by atoms with Crippen LogP contribution in [-0.4, -0.2) is 54.5 Å². The molecular weight excluding hydrogens is 262 g/mol. The summed E-state index contributed by atoms with van der Waals surface area (Å²) in [5, 5.41) is 0. The molecule has 1 aromatic rings. The summed E-state index contributed by atoms with van der Waals surface area (Å²) in [7, 11) is 0. The van der Waals surface area contributed by atoms with E-state index in [2.05, 4.69) is 43.0 Å². The molecule has 1 aliphatic rings. The lowest BCUT2D eigenvalue weighted by Gasteiger charge is -2.37. The summed E-state index contributed by atoms with van der Waals surface area (Å²) in [5.74, 6) is 0.275. The molecule has 1 atom stereocenters. The Kier molecular flexibility index (Phi) is 5.76. The lowest BCUT2D eigenvalue weighted by atomic mass is 10.1. The minimum atomic E-state index is 0.275. The van der Waals surface area contributed by atoms with E-state index in [-0.39, 0.29) is 5.91 Å². The van der Waals surface area contributed by atoms with E-state index >= 15 is 0 Å². The largest absolute Gasteiger partial charge is 0.340 e. The molecule has 0 radical (unpaired) electrons. The Morgan fingerprint density at radius 2 is 2.00 bits per heavy atom. The molecule has 0 spiro atoms. The lowest BCUT2D eigenvalue weighted by molar-refractivity contribution is -0.133. The highest BCUT2D eigenvalue weighted by molar-refractivity contribution is 5.76. The predicted octanol–water partition coefficient (Wildman–Crippen LogP) is 1.42. The van der Waals surface area contributed by atoms with Crippen LogP contribution in [0.15, 0.2) is 24.3 Å². The molecule has 1 amide bonds. The molecule has 0 bridgehead atoms. The smallest absolute Gasteiger partial charge is 0.222 e. The van der Waals surface area contributed by atoms with Gasteiger partial charge in [-0.25, -0.2) is 0 Å². The second-order valence-corrected chi connectivity index (χ2v) is 5.99. The molecule has 116 valence electrons. The molecule has 1 heterocycles. The highest BCUT2D eigenvalue weighted by Crippen LogP contribution is 2.10. The van der Waals surface area contributed by atoms with Crippen molar-refractivity contribution in [1.29, 1.82) is 0 Å². The van der Waals surface area contributed by atoms with Crippen molar-refractivity contribution in [1.82, 2.24) is 9.80 Å². The first kappa shape index (κ1) is 16.0. The van der Waals surface area contributed by atoms with Gasteiger partial charge in [-0.3, -0.25) is 9.69 Å². The average molecular weight is 289 g/mol. The van der Waals surface area contributed by atoms with Crippen LogP contribution in [0.5, 0.6) is 0 Å². The highest BCUT2D eigenvalue weighted by Gasteiger charge is 2.23. The zero-order valence-electron chi connectivity index (χ0n) is 13.2. The topological polar surface area (TPSA) is 49.6 Å². The van der Waals surface area contributed by atoms with Crippen molar-refractivity contribution in [2.75, 3.05) is 32.7 Å². The Morgan fingerprint density at radius 3 is 2.62 bits per heavy atom. The molecule has 4 heteroatoms. The molecule has 2 rings (SSSR count). The molecule has 2 N–H and O–H groups in total. The summed E-state index contributed by atoms with van der Waals surface area (Å²) in [4.78, 5) is 16.6. The highest BCUT2D eigenvalue weighted by atomic mass is 16.2. The van der Waals surface area contributed by atoms with Crippen LogP contribution in [0.1, 0.15) is 24.5 Å². The van der Waals surface area contributed by atoms with E-state index in [1.165, 1.54) is 11.1 Å². The third-order valence-corrected chi connectivity index (χ3v) is 4.34. The molecule has 4 nitrogen and oxygen atoms in total. The van der Waals surface area contributed by atoms with Crippen molar-refractivity contribution in [3.05, 3.63) is 35.4 Å². The van der Waals surface area contributed by atoms with Crippen LogP contribution in [-0.2, 0) is 11.2 Å². The number of amides is 1. The minimum Gasteiger partial charge on any atom is -0.340 e. The van der Waals surface area contributed by atoms with Crippen molar-refractivity contribution >= 4 is 5.91 Å². The molecule has 1 unspecified atom stereocenters. The molecule has 1 aromatic carbocycles. The third kappa shape index (κ3) is 4.55. The van der Waals surface area contributed by atoms with Crippen LogP contribution < -0.4 is 5.73 Å². The number of carbonyl (C=O) groups excluding carboxylic acids is 1. The van der Waals surface area contributed by atoms with Crippen molar-refractivity contribution < 1.29 is 4.79 Å². The summed E-state index contributed by atoms with van der Waals surface area (Å²) < 4.78 is 0. The first-order valence-corrected chi connectivity index (χ1v) is 7.87. The number of aryl methyl sites for hydroxylation is 2. The Bertz CT molecular complexity index is 467. The minimum absolute atomic E-state index is 0.275. The van der Waals surface area contributed by atoms with E-state index in [4.69, 9.17) is 5.73 Å². The van der Waals surface area contributed by atoms with Gasteiger partial charge in [-0.15, -0.1) is 0 Å². The summed E-state index contributed by atoms with van der Waals surface area (Å²) >= 11 is 0. The Morgan fingerprint density at radius 1 is 1.29 bits per heavy atom. The van der Waals surface area contributed by atoms with E-state index < -0.39 is 0 Å². The van der Waals surface area contributed by atoms with E-state index in [1.54, 1.807) is 0 Å². The lowest BCUT2D eigenvalue weighted by Crippen LogP contribution is -2.52. The van der Waals surface area contributed by atoms with Crippen LogP contribution in [0.4, 0.5) is 0 Å². The van der Waals surface area contributed by atoms with Gasteiger partial charge >= 0.3 is 0 Å². The Balaban J connectivity index is 1.77. The number of hydrogen-bond donors (Lipinski definition) is 1. The number of benzene rings is 1. The van der Waals surface area contributed by atoms with E-state index in [0.717, 1.165) is 32.6 Å². The second-order valence-electron chi connectivity index (χ2n) is 5.99. The van der Waals surface area contributed by atoms with Crippen molar-refractivity contribution in [2.24, 2.45) is 5.73 Å². The van der Waals surface area contributed by atoms with Crippen LogP contribution in [0.3, 0.4) is 0 Å². The number of hydrogen-bond acceptors (Lipinski definition) is 3. The van der Waals surface area contributed by atoms with Gasteiger partial charge in [0.15, 0.2) is 0 Å². The van der Waals surface area contributed by atoms with Gasteiger partial charge in [0, 0.05) is 45.2 Å². The zero-order chi connectivity index (χ0) is 15.2. The third-order valence-electron chi connectivity index (χ3n) is 4.34. The fraction of sp³-hybridized carbons (Fsp3) is 0.588. The SMILES string of the molecule is Cc1cccc(CCC(=O)N2CCN(C(C)CN)CC2)c1. The molecule has 1 saturated heterocycles. The number of carbonyl (C=O) groups is 1. The maximum Gasteiger partial charge on any atom is 0.222 e. The van der Waals surface area contributed by atoms with Crippen molar-refractivity contribution in [3.8, 4) is 0 Å². The number of nitrogens with zero attached hydrogens (tertiary/aromatic N) is 2. The van der Waals surface area contributed by atoms with Crippen LogP contribution in [0.2, 0.25) is 0 Å². The van der Waals surface area contributed by atoms with Gasteiger partial charge in [0.25, 0.3) is 0 Å². The fourth-order valence-electron chi connectivity index (χ4n) is 2.84. The van der Waals surface area contributed by atoms with Crippen LogP contribution in [0.25, 0.3) is 0 Å². The quantitative estimate of drug-likeness (QED) is 0.892. The van der Waals surface area contributed by atoms with Gasteiger partial charge in [-0.05, 0) is 25.8 Å². The van der Waals surface area contributed by atoms with E-state index in [1.807, 2.05) is 4.90 Å². The Labute approximate surface area is 127 Å². The summed E-state index contributed by atoms with van der Waals surface area (Å²) in [6.45, 7) is 8.46. The molecule has 21 heavy (non-hydrogen) atoms. The van der Waals surface area contributed by atoms with Gasteiger partial charge in [0.1, 0.15) is 0 Å². The molecule has 1 aliphatic heterocycles. The van der Waals surface area contributed by atoms with E-state index in [0.29, 0.717) is 19.0 Å². The maximum absolute atomic E-state index is 12.3. The first-order chi connectivity index (χ1) is 10.1. The van der Waals surface area contributed by atoms with Gasteiger partial charge < -0.3 is 10.6 Å². The summed E-state index contributed by atoms with van der Waals surface area (Å²) in [6.07, 6.45) is 1.44. The molecule has 0 saturated carbocycles. The van der Waals surface area contributed by atoms with Crippen LogP contribution in [0, 0.1) is 6.92 Å². The number of rotatable bonds is 5. The summed E-state index contributed by atoms with van der Waals surface area (Å²) in [5.41, 5.74) is 8.20. The van der Waals surface area contributed by atoms with Gasteiger partial charge in [-0.2, -0.15) is 0 Å². The van der Waals surface area contributed by atoms with Gasteiger partial charge in [0.2, 0.25) is 5.91 Å². The second kappa shape index (κ2) is 7.57. The van der Waals surface area contributed by atoms with Crippen molar-refractivity contribution in [3.63, 3.8) is 0 Å². The molecule has 0 aromatic heterocycles. The summed E-state index contributed by atoms with van der Waals surface area (Å²) in [6, 6.07) is 8.81. The molecule has 0 aliphatic carbocycles. The maximum atomic E-state index is 12.3. The monoisotopic (exact) mass is 289 g/mol. The number of piperazine rings is 1. The van der Waals surface area contributed by atoms with Gasteiger partial charge in [-0.1, -0.05) is 29.8 Å². The zero-order valence-corrected chi connectivity index (χ0v) is 13.2. The average Bonchev–Trinajstić information content (AvgIpc) is 2.52. The Hall–Kier alpha value is -1.39. The molecular formula is C17H27N3O.